The molecule has 0 saturated carbocycles. The largest absolute Gasteiger partial charge is 0.323 e. The molecule has 1 aromatic carbocycles. The van der Waals surface area contributed by atoms with Crippen molar-refractivity contribution in [2.75, 3.05) is 0 Å². The van der Waals surface area contributed by atoms with Gasteiger partial charge in [0.2, 0.25) is 0 Å². The lowest BCUT2D eigenvalue weighted by molar-refractivity contribution is 0.668. The second-order valence-electron chi connectivity index (χ2n) is 4.42. The van der Waals surface area contributed by atoms with Crippen molar-refractivity contribution in [2.24, 2.45) is 5.73 Å². The molecule has 1 atom stereocenters. The van der Waals surface area contributed by atoms with Crippen LogP contribution in [0.15, 0.2) is 30.5 Å². The summed E-state index contributed by atoms with van der Waals surface area (Å²) in [7, 11) is 0. The molecule has 0 saturated heterocycles. The summed E-state index contributed by atoms with van der Waals surface area (Å²) < 4.78 is 1.96. The van der Waals surface area contributed by atoms with E-state index in [1.54, 1.807) is 0 Å². The van der Waals surface area contributed by atoms with E-state index in [0.29, 0.717) is 0 Å². The van der Waals surface area contributed by atoms with E-state index in [1.165, 1.54) is 11.1 Å². The first kappa shape index (κ1) is 9.60. The average Bonchev–Trinajstić information content (AvgIpc) is 2.82. The van der Waals surface area contributed by atoms with E-state index in [9.17, 15) is 0 Å². The number of aryl methyl sites for hydroxylation is 2. The first-order valence-electron chi connectivity index (χ1n) is 5.66. The molecule has 16 heavy (non-hydrogen) atoms. The minimum atomic E-state index is 0.125. The third-order valence-corrected chi connectivity index (χ3v) is 3.26. The molecule has 1 heterocycles. The zero-order valence-corrected chi connectivity index (χ0v) is 9.35. The van der Waals surface area contributed by atoms with Gasteiger partial charge in [-0.3, -0.25) is 0 Å². The molecule has 1 aliphatic carbocycles. The molecule has 0 spiro atoms. The highest BCUT2D eigenvalue weighted by Crippen LogP contribution is 2.28. The Hall–Kier alpha value is -1.61. The van der Waals surface area contributed by atoms with Crippen molar-refractivity contribution in [3.63, 3.8) is 0 Å². The molecule has 0 amide bonds. The molecule has 1 aromatic heterocycles. The monoisotopic (exact) mass is 213 g/mol. The SMILES string of the molecule is Cc1ccccc1-n1cc2c(n1)C(N)CC2. The highest BCUT2D eigenvalue weighted by molar-refractivity contribution is 5.41. The van der Waals surface area contributed by atoms with E-state index in [0.717, 1.165) is 24.2 Å². The predicted molar refractivity (Wildman–Crippen MR) is 63.6 cm³/mol. The molecule has 0 fully saturated rings. The molecule has 1 unspecified atom stereocenters. The van der Waals surface area contributed by atoms with Crippen LogP contribution in [0.25, 0.3) is 5.69 Å². The maximum atomic E-state index is 6.00. The lowest BCUT2D eigenvalue weighted by atomic mass is 10.2. The topological polar surface area (TPSA) is 43.8 Å². The van der Waals surface area contributed by atoms with Crippen LogP contribution < -0.4 is 5.73 Å². The van der Waals surface area contributed by atoms with Crippen LogP contribution in [0.1, 0.15) is 29.3 Å². The summed E-state index contributed by atoms with van der Waals surface area (Å²) in [6.07, 6.45) is 4.21. The number of para-hydroxylation sites is 1. The molecule has 3 rings (SSSR count). The van der Waals surface area contributed by atoms with E-state index in [1.807, 2.05) is 16.8 Å². The fourth-order valence-electron chi connectivity index (χ4n) is 2.32. The van der Waals surface area contributed by atoms with Gasteiger partial charge in [0.15, 0.2) is 0 Å². The van der Waals surface area contributed by atoms with Crippen molar-refractivity contribution < 1.29 is 0 Å². The molecule has 2 N–H and O–H groups in total. The zero-order valence-electron chi connectivity index (χ0n) is 9.35. The van der Waals surface area contributed by atoms with Gasteiger partial charge in [-0.25, -0.2) is 4.68 Å². The predicted octanol–water partition coefficient (Wildman–Crippen LogP) is 2.13. The fourth-order valence-corrected chi connectivity index (χ4v) is 2.32. The van der Waals surface area contributed by atoms with E-state index in [4.69, 9.17) is 5.73 Å². The van der Waals surface area contributed by atoms with Crippen LogP contribution in [-0.4, -0.2) is 9.78 Å². The van der Waals surface area contributed by atoms with Gasteiger partial charge in [-0.15, -0.1) is 0 Å². The summed E-state index contributed by atoms with van der Waals surface area (Å²) in [5.74, 6) is 0. The van der Waals surface area contributed by atoms with Crippen molar-refractivity contribution in [3.8, 4) is 5.69 Å². The molecular formula is C13H15N3. The lowest BCUT2D eigenvalue weighted by Crippen LogP contribution is -2.08. The zero-order chi connectivity index (χ0) is 11.1. The summed E-state index contributed by atoms with van der Waals surface area (Å²) in [6.45, 7) is 2.10. The number of nitrogens with two attached hydrogens (primary N) is 1. The number of rotatable bonds is 1. The first-order chi connectivity index (χ1) is 7.75. The maximum absolute atomic E-state index is 6.00. The number of hydrogen-bond donors (Lipinski definition) is 1. The van der Waals surface area contributed by atoms with Crippen molar-refractivity contribution in [1.82, 2.24) is 9.78 Å². The highest BCUT2D eigenvalue weighted by atomic mass is 15.3. The smallest absolute Gasteiger partial charge is 0.0828 e. The summed E-state index contributed by atoms with van der Waals surface area (Å²) in [4.78, 5) is 0. The van der Waals surface area contributed by atoms with Crippen LogP contribution in [0.2, 0.25) is 0 Å². The fraction of sp³-hybridized carbons (Fsp3) is 0.308. The van der Waals surface area contributed by atoms with E-state index in [-0.39, 0.29) is 6.04 Å². The van der Waals surface area contributed by atoms with Crippen LogP contribution in [0.4, 0.5) is 0 Å². The molecule has 0 bridgehead atoms. The standard InChI is InChI=1S/C13H15N3/c1-9-4-2-3-5-12(9)16-8-10-6-7-11(14)13(10)15-16/h2-5,8,11H,6-7,14H2,1H3. The van der Waals surface area contributed by atoms with Gasteiger partial charge in [-0.2, -0.15) is 5.10 Å². The Labute approximate surface area is 94.9 Å². The second-order valence-corrected chi connectivity index (χ2v) is 4.42. The Bertz CT molecular complexity index is 528. The third kappa shape index (κ3) is 1.36. The van der Waals surface area contributed by atoms with Crippen molar-refractivity contribution in [3.05, 3.63) is 47.3 Å². The van der Waals surface area contributed by atoms with Gasteiger partial charge in [0.1, 0.15) is 0 Å². The Morgan fingerprint density at radius 2 is 2.19 bits per heavy atom. The van der Waals surface area contributed by atoms with Crippen LogP contribution in [0.3, 0.4) is 0 Å². The minimum Gasteiger partial charge on any atom is -0.323 e. The number of aromatic nitrogens is 2. The minimum absolute atomic E-state index is 0.125. The number of hydrogen-bond acceptors (Lipinski definition) is 2. The normalized spacial score (nSPS) is 18.8. The quantitative estimate of drug-likeness (QED) is 0.788. The average molecular weight is 213 g/mol. The van der Waals surface area contributed by atoms with Gasteiger partial charge >= 0.3 is 0 Å². The molecule has 82 valence electrons. The maximum Gasteiger partial charge on any atom is 0.0828 e. The lowest BCUT2D eigenvalue weighted by Gasteiger charge is -2.06. The highest BCUT2D eigenvalue weighted by Gasteiger charge is 2.23. The van der Waals surface area contributed by atoms with Gasteiger partial charge in [-0.1, -0.05) is 18.2 Å². The molecule has 3 nitrogen and oxygen atoms in total. The van der Waals surface area contributed by atoms with E-state index >= 15 is 0 Å². The van der Waals surface area contributed by atoms with E-state index < -0.39 is 0 Å². The molecule has 0 aliphatic heterocycles. The summed E-state index contributed by atoms with van der Waals surface area (Å²) >= 11 is 0. The summed E-state index contributed by atoms with van der Waals surface area (Å²) in [5, 5.41) is 4.59. The Morgan fingerprint density at radius 3 is 2.94 bits per heavy atom. The first-order valence-corrected chi connectivity index (χ1v) is 5.66. The van der Waals surface area contributed by atoms with Gasteiger partial charge in [-0.05, 0) is 37.0 Å². The van der Waals surface area contributed by atoms with E-state index in [2.05, 4.69) is 30.4 Å². The Kier molecular flexibility index (Phi) is 2.07. The van der Waals surface area contributed by atoms with Crippen LogP contribution in [0.5, 0.6) is 0 Å². The van der Waals surface area contributed by atoms with Crippen LogP contribution in [-0.2, 0) is 6.42 Å². The molecule has 0 radical (unpaired) electrons. The van der Waals surface area contributed by atoms with Crippen molar-refractivity contribution in [2.45, 2.75) is 25.8 Å². The van der Waals surface area contributed by atoms with Gasteiger partial charge in [0.25, 0.3) is 0 Å². The van der Waals surface area contributed by atoms with Gasteiger partial charge in [0, 0.05) is 12.2 Å². The number of nitrogens with zero attached hydrogens (tertiary/aromatic N) is 2. The molecule has 3 heteroatoms. The van der Waals surface area contributed by atoms with Crippen molar-refractivity contribution in [1.29, 1.82) is 0 Å². The second kappa shape index (κ2) is 3.46. The Balaban J connectivity index is 2.09. The van der Waals surface area contributed by atoms with Crippen LogP contribution in [0, 0.1) is 6.92 Å². The number of benzene rings is 1. The van der Waals surface area contributed by atoms with Gasteiger partial charge in [0.05, 0.1) is 11.4 Å². The molecule has 1 aliphatic rings. The molecule has 2 aromatic rings. The summed E-state index contributed by atoms with van der Waals surface area (Å²) in [6, 6.07) is 8.39. The van der Waals surface area contributed by atoms with Gasteiger partial charge < -0.3 is 5.73 Å². The third-order valence-electron chi connectivity index (χ3n) is 3.26. The Morgan fingerprint density at radius 1 is 1.38 bits per heavy atom. The number of fused-ring (bicyclic) bond motifs is 1. The van der Waals surface area contributed by atoms with Crippen LogP contribution >= 0.6 is 0 Å². The summed E-state index contributed by atoms with van der Waals surface area (Å²) in [5.41, 5.74) is 10.8. The van der Waals surface area contributed by atoms with Crippen molar-refractivity contribution >= 4 is 0 Å². The molecular weight excluding hydrogens is 198 g/mol.